The molecule has 0 spiro atoms. The molecule has 0 bridgehead atoms. The number of hydrazone groups is 1. The van der Waals surface area contributed by atoms with Crippen molar-refractivity contribution >= 4 is 22.1 Å². The second-order valence-electron chi connectivity index (χ2n) is 8.35. The van der Waals surface area contributed by atoms with Crippen LogP contribution < -0.4 is 10.2 Å². The molecular formula is C29H26FN3O4S. The summed E-state index contributed by atoms with van der Waals surface area (Å²) >= 11 is 0. The molecule has 0 aliphatic heterocycles. The van der Waals surface area contributed by atoms with E-state index in [0.717, 1.165) is 15.4 Å². The Morgan fingerprint density at radius 1 is 0.842 bits per heavy atom. The zero-order valence-electron chi connectivity index (χ0n) is 20.4. The Balaban J connectivity index is 1.37. The lowest BCUT2D eigenvalue weighted by Gasteiger charge is -2.21. The molecular weight excluding hydrogens is 505 g/mol. The molecule has 38 heavy (non-hydrogen) atoms. The molecule has 194 valence electrons. The highest BCUT2D eigenvalue weighted by atomic mass is 32.2. The van der Waals surface area contributed by atoms with Gasteiger partial charge in [0.25, 0.3) is 5.91 Å². The van der Waals surface area contributed by atoms with Gasteiger partial charge in [0.15, 0.2) is 0 Å². The fraction of sp³-hybridized carbons (Fsp3) is 0.103. The van der Waals surface area contributed by atoms with Gasteiger partial charge in [-0.15, -0.1) is 0 Å². The molecule has 0 atom stereocenters. The minimum absolute atomic E-state index is 0.0491. The summed E-state index contributed by atoms with van der Waals surface area (Å²) in [5.41, 5.74) is 4.69. The summed E-state index contributed by atoms with van der Waals surface area (Å²) < 4.78 is 46.6. The molecule has 7 nitrogen and oxygen atoms in total. The van der Waals surface area contributed by atoms with Crippen LogP contribution in [0.25, 0.3) is 0 Å². The first-order valence-electron chi connectivity index (χ1n) is 11.8. The van der Waals surface area contributed by atoms with E-state index in [0.29, 0.717) is 17.9 Å². The number of sulfonamides is 1. The van der Waals surface area contributed by atoms with Crippen LogP contribution in [0.15, 0.2) is 119 Å². The quantitative estimate of drug-likeness (QED) is 0.224. The molecule has 0 saturated carbocycles. The van der Waals surface area contributed by atoms with Gasteiger partial charge in [0.1, 0.15) is 18.2 Å². The third kappa shape index (κ3) is 7.58. The number of halogens is 1. The zero-order chi connectivity index (χ0) is 26.8. The van der Waals surface area contributed by atoms with Crippen molar-refractivity contribution in [1.29, 1.82) is 0 Å². The summed E-state index contributed by atoms with van der Waals surface area (Å²) in [6, 6.07) is 30.2. The maximum absolute atomic E-state index is 13.3. The first kappa shape index (κ1) is 26.7. The normalized spacial score (nSPS) is 11.5. The molecule has 0 aliphatic rings. The number of hydrogen-bond acceptors (Lipinski definition) is 5. The number of carbonyl (C=O) groups excluding carboxylic acids is 1. The van der Waals surface area contributed by atoms with Gasteiger partial charge in [-0.25, -0.2) is 18.2 Å². The molecule has 0 unspecified atom stereocenters. The minimum Gasteiger partial charge on any atom is -0.489 e. The van der Waals surface area contributed by atoms with Crippen LogP contribution in [-0.2, 0) is 28.0 Å². The fourth-order valence-corrected chi connectivity index (χ4v) is 4.93. The minimum atomic E-state index is -4.00. The lowest BCUT2D eigenvalue weighted by molar-refractivity contribution is -0.121. The lowest BCUT2D eigenvalue weighted by Crippen LogP contribution is -2.39. The first-order chi connectivity index (χ1) is 18.4. The Bertz CT molecular complexity index is 1460. The second-order valence-corrected chi connectivity index (χ2v) is 10.3. The van der Waals surface area contributed by atoms with Crippen LogP contribution in [0.4, 0.5) is 4.39 Å². The van der Waals surface area contributed by atoms with E-state index in [4.69, 9.17) is 4.74 Å². The van der Waals surface area contributed by atoms with Gasteiger partial charge in [0.05, 0.1) is 17.7 Å². The van der Waals surface area contributed by atoms with Crippen molar-refractivity contribution in [2.45, 2.75) is 18.0 Å². The number of nitrogens with zero attached hydrogens (tertiary/aromatic N) is 2. The molecule has 0 saturated heterocycles. The topological polar surface area (TPSA) is 88.1 Å². The highest BCUT2D eigenvalue weighted by Gasteiger charge is 2.26. The van der Waals surface area contributed by atoms with Crippen molar-refractivity contribution in [3.63, 3.8) is 0 Å². The highest BCUT2D eigenvalue weighted by Crippen LogP contribution is 2.18. The number of benzene rings is 4. The Morgan fingerprint density at radius 2 is 1.47 bits per heavy atom. The van der Waals surface area contributed by atoms with Crippen LogP contribution in [0.1, 0.15) is 16.7 Å². The zero-order valence-corrected chi connectivity index (χ0v) is 21.2. The van der Waals surface area contributed by atoms with E-state index in [1.165, 1.54) is 42.6 Å². The van der Waals surface area contributed by atoms with Crippen molar-refractivity contribution in [2.75, 3.05) is 6.54 Å². The number of rotatable bonds is 11. The number of nitrogens with one attached hydrogen (secondary N) is 1. The predicted octanol–water partition coefficient (Wildman–Crippen LogP) is 4.75. The Labute approximate surface area is 221 Å². The van der Waals surface area contributed by atoms with E-state index >= 15 is 0 Å². The van der Waals surface area contributed by atoms with Gasteiger partial charge in [0.2, 0.25) is 10.0 Å². The largest absolute Gasteiger partial charge is 0.489 e. The van der Waals surface area contributed by atoms with E-state index in [2.05, 4.69) is 10.5 Å². The SMILES string of the molecule is O=C(CN(Cc1ccc(F)cc1)S(=O)(=O)c1ccccc1)N/N=C\c1ccc(OCc2ccccc2)cc1. The summed E-state index contributed by atoms with van der Waals surface area (Å²) in [6.07, 6.45) is 1.45. The van der Waals surface area contributed by atoms with Gasteiger partial charge < -0.3 is 4.74 Å². The number of amides is 1. The van der Waals surface area contributed by atoms with Crippen LogP contribution in [0.5, 0.6) is 5.75 Å². The van der Waals surface area contributed by atoms with Crippen LogP contribution >= 0.6 is 0 Å². The smallest absolute Gasteiger partial charge is 0.255 e. The summed E-state index contributed by atoms with van der Waals surface area (Å²) in [7, 11) is -4.00. The Morgan fingerprint density at radius 3 is 2.13 bits per heavy atom. The number of carbonyl (C=O) groups is 1. The van der Waals surface area contributed by atoms with E-state index in [9.17, 15) is 17.6 Å². The monoisotopic (exact) mass is 531 g/mol. The molecule has 4 aromatic rings. The molecule has 9 heteroatoms. The van der Waals surface area contributed by atoms with Gasteiger partial charge in [0, 0.05) is 6.54 Å². The second kappa shape index (κ2) is 12.8. The van der Waals surface area contributed by atoms with Crippen molar-refractivity contribution in [3.8, 4) is 5.75 Å². The van der Waals surface area contributed by atoms with Crippen molar-refractivity contribution in [2.24, 2.45) is 5.10 Å². The Hall–Kier alpha value is -4.34. The van der Waals surface area contributed by atoms with Gasteiger partial charge in [-0.1, -0.05) is 60.7 Å². The standard InChI is InChI=1S/C29H26FN3O4S/c30-26-15-11-24(12-16-26)20-33(38(35,36)28-9-5-2-6-10-28)21-29(34)32-31-19-23-13-17-27(18-14-23)37-22-25-7-3-1-4-8-25/h1-19H,20-22H2,(H,32,34)/b31-19-. The maximum atomic E-state index is 13.3. The van der Waals surface area contributed by atoms with E-state index < -0.39 is 28.3 Å². The first-order valence-corrected chi connectivity index (χ1v) is 13.2. The fourth-order valence-electron chi connectivity index (χ4n) is 3.53. The predicted molar refractivity (Wildman–Crippen MR) is 143 cm³/mol. The van der Waals surface area contributed by atoms with Crippen molar-refractivity contribution < 1.29 is 22.3 Å². The summed E-state index contributed by atoms with van der Waals surface area (Å²) in [5, 5.41) is 3.95. The molecule has 0 aliphatic carbocycles. The molecule has 1 N–H and O–H groups in total. The van der Waals surface area contributed by atoms with Crippen molar-refractivity contribution in [1.82, 2.24) is 9.73 Å². The molecule has 0 fully saturated rings. The third-order valence-electron chi connectivity index (χ3n) is 5.50. The summed E-state index contributed by atoms with van der Waals surface area (Å²) in [6.45, 7) is -0.137. The maximum Gasteiger partial charge on any atom is 0.255 e. The third-order valence-corrected chi connectivity index (χ3v) is 7.31. The van der Waals surface area contributed by atoms with Crippen molar-refractivity contribution in [3.05, 3.63) is 132 Å². The molecule has 4 aromatic carbocycles. The average Bonchev–Trinajstić information content (AvgIpc) is 2.94. The summed E-state index contributed by atoms with van der Waals surface area (Å²) in [5.74, 6) is -0.364. The Kier molecular flexibility index (Phi) is 8.97. The summed E-state index contributed by atoms with van der Waals surface area (Å²) in [4.78, 5) is 12.7. The average molecular weight is 532 g/mol. The highest BCUT2D eigenvalue weighted by molar-refractivity contribution is 7.89. The van der Waals surface area contributed by atoms with Crippen LogP contribution in [0.3, 0.4) is 0 Å². The van der Waals surface area contributed by atoms with Crippen LogP contribution in [0, 0.1) is 5.82 Å². The van der Waals surface area contributed by atoms with Crippen LogP contribution in [0.2, 0.25) is 0 Å². The molecule has 4 rings (SSSR count). The molecule has 1 amide bonds. The van der Waals surface area contributed by atoms with Gasteiger partial charge in [-0.05, 0) is 65.2 Å². The van der Waals surface area contributed by atoms with Gasteiger partial charge in [-0.2, -0.15) is 9.41 Å². The molecule has 0 heterocycles. The number of hydrogen-bond donors (Lipinski definition) is 1. The van der Waals surface area contributed by atoms with E-state index in [-0.39, 0.29) is 11.4 Å². The van der Waals surface area contributed by atoms with Crippen LogP contribution in [-0.4, -0.2) is 31.4 Å². The van der Waals surface area contributed by atoms with E-state index in [1.807, 2.05) is 30.3 Å². The molecule has 0 aromatic heterocycles. The van der Waals surface area contributed by atoms with E-state index in [1.54, 1.807) is 42.5 Å². The lowest BCUT2D eigenvalue weighted by atomic mass is 10.2. The van der Waals surface area contributed by atoms with Gasteiger partial charge in [-0.3, -0.25) is 4.79 Å². The molecule has 0 radical (unpaired) electrons. The number of ether oxygens (including phenoxy) is 1. The van der Waals surface area contributed by atoms with Gasteiger partial charge >= 0.3 is 0 Å².